The normalized spacial score (nSPS) is 10.7. The average Bonchev–Trinajstić information content (AvgIpc) is 2.44. The molecule has 2 N–H and O–H groups in total. The van der Waals surface area contributed by atoms with Gasteiger partial charge in [-0.3, -0.25) is 4.79 Å². The van der Waals surface area contributed by atoms with E-state index >= 15 is 0 Å². The molecule has 0 atom stereocenters. The van der Waals surface area contributed by atoms with Gasteiger partial charge in [0.15, 0.2) is 0 Å². The molecular formula is C14H10Cl2N2O2. The number of rotatable bonds is 3. The molecule has 0 saturated heterocycles. The summed E-state index contributed by atoms with van der Waals surface area (Å²) in [4.78, 5) is 11.7. The summed E-state index contributed by atoms with van der Waals surface area (Å²) in [7, 11) is 0. The van der Waals surface area contributed by atoms with Crippen molar-refractivity contribution in [3.63, 3.8) is 0 Å². The highest BCUT2D eigenvalue weighted by Crippen LogP contribution is 2.24. The largest absolute Gasteiger partial charge is 0.508 e. The fraction of sp³-hybridized carbons (Fsp3) is 0. The monoisotopic (exact) mass is 308 g/mol. The number of hydrogen-bond acceptors (Lipinski definition) is 3. The number of carbonyl (C=O) groups is 1. The van der Waals surface area contributed by atoms with Crippen LogP contribution in [0.15, 0.2) is 47.6 Å². The van der Waals surface area contributed by atoms with E-state index in [1.54, 1.807) is 18.2 Å². The molecule has 20 heavy (non-hydrogen) atoms. The van der Waals surface area contributed by atoms with Gasteiger partial charge < -0.3 is 5.11 Å². The minimum absolute atomic E-state index is 0.0933. The summed E-state index contributed by atoms with van der Waals surface area (Å²) < 4.78 is 0. The van der Waals surface area contributed by atoms with Crippen molar-refractivity contribution < 1.29 is 9.90 Å². The molecule has 1 amide bonds. The van der Waals surface area contributed by atoms with Crippen molar-refractivity contribution in [2.24, 2.45) is 5.10 Å². The van der Waals surface area contributed by atoms with Gasteiger partial charge in [0.05, 0.1) is 16.3 Å². The van der Waals surface area contributed by atoms with E-state index in [9.17, 15) is 4.79 Å². The molecule has 102 valence electrons. The highest BCUT2D eigenvalue weighted by molar-refractivity contribution is 6.43. The Labute approximate surface area is 125 Å². The molecule has 0 radical (unpaired) electrons. The van der Waals surface area contributed by atoms with Crippen LogP contribution in [0.4, 0.5) is 0 Å². The Balaban J connectivity index is 2.04. The molecule has 0 spiro atoms. The lowest BCUT2D eigenvalue weighted by atomic mass is 10.2. The van der Waals surface area contributed by atoms with Gasteiger partial charge in [-0.15, -0.1) is 0 Å². The number of halogens is 2. The van der Waals surface area contributed by atoms with Gasteiger partial charge >= 0.3 is 0 Å². The third-order valence-electron chi connectivity index (χ3n) is 2.48. The third kappa shape index (κ3) is 3.50. The first-order chi connectivity index (χ1) is 9.58. The number of hydrazone groups is 1. The number of nitrogens with one attached hydrogen (secondary N) is 1. The molecule has 0 aliphatic carbocycles. The Bertz CT molecular complexity index is 655. The number of phenolic OH excluding ortho intramolecular Hbond substituents is 1. The number of amides is 1. The zero-order valence-electron chi connectivity index (χ0n) is 10.2. The average molecular weight is 309 g/mol. The molecular weight excluding hydrogens is 299 g/mol. The second-order valence-electron chi connectivity index (χ2n) is 3.89. The number of phenols is 1. The number of hydrogen-bond donors (Lipinski definition) is 2. The van der Waals surface area contributed by atoms with Gasteiger partial charge in [-0.1, -0.05) is 35.3 Å². The number of nitrogens with zero attached hydrogens (tertiary/aromatic N) is 1. The first kappa shape index (κ1) is 14.4. The predicted molar refractivity (Wildman–Crippen MR) is 79.6 cm³/mol. The van der Waals surface area contributed by atoms with Gasteiger partial charge in [0, 0.05) is 11.1 Å². The molecule has 6 heteroatoms. The minimum atomic E-state index is -0.389. The quantitative estimate of drug-likeness (QED) is 0.674. The fourth-order valence-electron chi connectivity index (χ4n) is 1.46. The summed E-state index contributed by atoms with van der Waals surface area (Å²) in [5.41, 5.74) is 3.35. The van der Waals surface area contributed by atoms with Crippen LogP contribution in [0.5, 0.6) is 5.75 Å². The number of carbonyl (C=O) groups excluding carboxylic acids is 1. The maximum Gasteiger partial charge on any atom is 0.271 e. The third-order valence-corrected chi connectivity index (χ3v) is 3.31. The Morgan fingerprint density at radius 1 is 1.15 bits per heavy atom. The molecule has 0 bridgehead atoms. The second-order valence-corrected chi connectivity index (χ2v) is 4.67. The van der Waals surface area contributed by atoms with E-state index in [1.807, 2.05) is 0 Å². The molecule has 2 aromatic rings. The molecule has 0 unspecified atom stereocenters. The van der Waals surface area contributed by atoms with Crippen molar-refractivity contribution >= 4 is 35.3 Å². The Morgan fingerprint density at radius 2 is 1.85 bits per heavy atom. The van der Waals surface area contributed by atoms with Crippen molar-refractivity contribution in [3.8, 4) is 5.75 Å². The van der Waals surface area contributed by atoms with Crippen molar-refractivity contribution in [1.29, 1.82) is 0 Å². The van der Waals surface area contributed by atoms with Crippen LogP contribution in [-0.2, 0) is 0 Å². The molecule has 0 aromatic heterocycles. The second kappa shape index (κ2) is 6.41. The predicted octanol–water partition coefficient (Wildman–Crippen LogP) is 3.46. The maximum absolute atomic E-state index is 11.7. The zero-order chi connectivity index (χ0) is 14.5. The lowest BCUT2D eigenvalue weighted by Gasteiger charge is -2.01. The lowest BCUT2D eigenvalue weighted by Crippen LogP contribution is -2.17. The van der Waals surface area contributed by atoms with Crippen LogP contribution < -0.4 is 5.43 Å². The molecule has 0 aliphatic rings. The van der Waals surface area contributed by atoms with Gasteiger partial charge in [0.25, 0.3) is 5.91 Å². The Morgan fingerprint density at radius 3 is 2.55 bits per heavy atom. The van der Waals surface area contributed by atoms with Crippen molar-refractivity contribution in [2.45, 2.75) is 0 Å². The van der Waals surface area contributed by atoms with E-state index in [4.69, 9.17) is 28.3 Å². The van der Waals surface area contributed by atoms with Crippen LogP contribution in [0.25, 0.3) is 0 Å². The first-order valence-corrected chi connectivity index (χ1v) is 6.40. The smallest absolute Gasteiger partial charge is 0.271 e. The van der Waals surface area contributed by atoms with Gasteiger partial charge in [0.1, 0.15) is 5.75 Å². The number of benzene rings is 2. The summed E-state index contributed by atoms with van der Waals surface area (Å²) in [5.74, 6) is -0.296. The topological polar surface area (TPSA) is 61.7 Å². The first-order valence-electron chi connectivity index (χ1n) is 5.64. The molecule has 0 saturated carbocycles. The lowest BCUT2D eigenvalue weighted by molar-refractivity contribution is 0.0955. The minimum Gasteiger partial charge on any atom is -0.508 e. The van der Waals surface area contributed by atoms with E-state index in [-0.39, 0.29) is 11.7 Å². The van der Waals surface area contributed by atoms with Gasteiger partial charge in [-0.25, -0.2) is 5.43 Å². The Kier molecular flexibility index (Phi) is 4.61. The standard InChI is InChI=1S/C14H10Cl2N2O2/c15-12-3-1-2-10(13(12)16)8-17-18-14(20)9-4-6-11(19)7-5-9/h1-8,19H,(H,18,20)/b17-8+. The van der Waals surface area contributed by atoms with E-state index in [1.165, 1.54) is 30.5 Å². The molecule has 4 nitrogen and oxygen atoms in total. The summed E-state index contributed by atoms with van der Waals surface area (Å²) in [5, 5.41) is 13.7. The number of aromatic hydroxyl groups is 1. The van der Waals surface area contributed by atoms with Crippen LogP contribution >= 0.6 is 23.2 Å². The summed E-state index contributed by atoms with van der Waals surface area (Å²) in [6, 6.07) is 11.0. The summed E-state index contributed by atoms with van der Waals surface area (Å²) in [6.07, 6.45) is 1.41. The van der Waals surface area contributed by atoms with Crippen LogP contribution in [0.2, 0.25) is 10.0 Å². The van der Waals surface area contributed by atoms with E-state index in [2.05, 4.69) is 10.5 Å². The molecule has 0 fully saturated rings. The Hall–Kier alpha value is -2.04. The molecule has 2 aromatic carbocycles. The summed E-state index contributed by atoms with van der Waals surface area (Å²) in [6.45, 7) is 0. The SMILES string of the molecule is O=C(N/N=C/c1cccc(Cl)c1Cl)c1ccc(O)cc1. The highest BCUT2D eigenvalue weighted by atomic mass is 35.5. The highest BCUT2D eigenvalue weighted by Gasteiger charge is 2.04. The zero-order valence-corrected chi connectivity index (χ0v) is 11.7. The van der Waals surface area contributed by atoms with Gasteiger partial charge in [0.2, 0.25) is 0 Å². The van der Waals surface area contributed by atoms with E-state index in [0.29, 0.717) is 21.2 Å². The maximum atomic E-state index is 11.7. The van der Waals surface area contributed by atoms with Crippen LogP contribution in [0.3, 0.4) is 0 Å². The van der Waals surface area contributed by atoms with Gasteiger partial charge in [-0.05, 0) is 30.3 Å². The molecule has 0 heterocycles. The molecule has 2 rings (SSSR count). The van der Waals surface area contributed by atoms with E-state index in [0.717, 1.165) is 0 Å². The van der Waals surface area contributed by atoms with Gasteiger partial charge in [-0.2, -0.15) is 5.10 Å². The van der Waals surface area contributed by atoms with Crippen LogP contribution in [0, 0.1) is 0 Å². The summed E-state index contributed by atoms with van der Waals surface area (Å²) >= 11 is 11.8. The van der Waals surface area contributed by atoms with Crippen molar-refractivity contribution in [3.05, 3.63) is 63.6 Å². The molecule has 0 aliphatic heterocycles. The van der Waals surface area contributed by atoms with Crippen molar-refractivity contribution in [1.82, 2.24) is 5.43 Å². The van der Waals surface area contributed by atoms with E-state index < -0.39 is 0 Å². The van der Waals surface area contributed by atoms with Crippen LogP contribution in [-0.4, -0.2) is 17.2 Å². The van der Waals surface area contributed by atoms with Crippen molar-refractivity contribution in [2.75, 3.05) is 0 Å². The fourth-order valence-corrected chi connectivity index (χ4v) is 1.81. The van der Waals surface area contributed by atoms with Crippen LogP contribution in [0.1, 0.15) is 15.9 Å².